The lowest BCUT2D eigenvalue weighted by atomic mass is 9.93. The highest BCUT2D eigenvalue weighted by Crippen LogP contribution is 2.41. The molecule has 0 saturated carbocycles. The standard InChI is InChI=1S/C8H9F3OS/c1-2-7(12,8(9,10)11)6-3-4-13-5-6/h3-5,12H,2H2,1H3. The first-order valence-corrected chi connectivity index (χ1v) is 4.68. The zero-order valence-electron chi connectivity index (χ0n) is 6.93. The highest BCUT2D eigenvalue weighted by atomic mass is 32.1. The number of halogens is 3. The first-order chi connectivity index (χ1) is 5.92. The fourth-order valence-corrected chi connectivity index (χ4v) is 1.79. The van der Waals surface area contributed by atoms with Crippen LogP contribution < -0.4 is 0 Å². The van der Waals surface area contributed by atoms with Crippen molar-refractivity contribution < 1.29 is 18.3 Å². The molecular weight excluding hydrogens is 201 g/mol. The van der Waals surface area contributed by atoms with Gasteiger partial charge < -0.3 is 5.11 Å². The summed E-state index contributed by atoms with van der Waals surface area (Å²) in [6.07, 6.45) is -4.98. The molecule has 1 aromatic rings. The Kier molecular flexibility index (Phi) is 2.68. The molecule has 0 aliphatic heterocycles. The van der Waals surface area contributed by atoms with Crippen molar-refractivity contribution in [2.45, 2.75) is 25.1 Å². The molecule has 13 heavy (non-hydrogen) atoms. The van der Waals surface area contributed by atoms with Gasteiger partial charge in [0, 0.05) is 5.56 Å². The van der Waals surface area contributed by atoms with Gasteiger partial charge in [0.15, 0.2) is 5.60 Å². The fourth-order valence-electron chi connectivity index (χ4n) is 1.07. The summed E-state index contributed by atoms with van der Waals surface area (Å²) in [4.78, 5) is 0. The fraction of sp³-hybridized carbons (Fsp3) is 0.500. The van der Waals surface area contributed by atoms with Gasteiger partial charge in [0.25, 0.3) is 0 Å². The van der Waals surface area contributed by atoms with Crippen molar-refractivity contribution in [1.29, 1.82) is 0 Å². The predicted molar refractivity (Wildman–Crippen MR) is 44.6 cm³/mol. The first-order valence-electron chi connectivity index (χ1n) is 3.73. The lowest BCUT2D eigenvalue weighted by molar-refractivity contribution is -0.267. The van der Waals surface area contributed by atoms with E-state index in [2.05, 4.69) is 0 Å². The molecule has 0 aliphatic carbocycles. The number of alkyl halides is 3. The maximum absolute atomic E-state index is 12.4. The van der Waals surface area contributed by atoms with E-state index in [4.69, 9.17) is 0 Å². The van der Waals surface area contributed by atoms with E-state index in [1.165, 1.54) is 23.8 Å². The Morgan fingerprint density at radius 2 is 2.08 bits per heavy atom. The van der Waals surface area contributed by atoms with Crippen LogP contribution in [0.4, 0.5) is 13.2 Å². The first kappa shape index (κ1) is 10.5. The Balaban J connectivity index is 3.09. The van der Waals surface area contributed by atoms with E-state index >= 15 is 0 Å². The van der Waals surface area contributed by atoms with Gasteiger partial charge in [-0.3, -0.25) is 0 Å². The highest BCUT2D eigenvalue weighted by molar-refractivity contribution is 7.08. The van der Waals surface area contributed by atoms with Crippen molar-refractivity contribution in [3.8, 4) is 0 Å². The average molecular weight is 210 g/mol. The molecule has 0 spiro atoms. The number of rotatable bonds is 2. The van der Waals surface area contributed by atoms with Gasteiger partial charge in [-0.2, -0.15) is 24.5 Å². The van der Waals surface area contributed by atoms with Crippen molar-refractivity contribution >= 4 is 11.3 Å². The Bertz CT molecular complexity index is 267. The van der Waals surface area contributed by atoms with Crippen LogP contribution in [0.1, 0.15) is 18.9 Å². The quantitative estimate of drug-likeness (QED) is 0.795. The third-order valence-electron chi connectivity index (χ3n) is 1.98. The smallest absolute Gasteiger partial charge is 0.376 e. The Labute approximate surface area is 77.8 Å². The van der Waals surface area contributed by atoms with Crippen LogP contribution >= 0.6 is 11.3 Å². The van der Waals surface area contributed by atoms with E-state index < -0.39 is 11.8 Å². The lowest BCUT2D eigenvalue weighted by Crippen LogP contribution is -2.41. The third kappa shape index (κ3) is 1.71. The van der Waals surface area contributed by atoms with Crippen LogP contribution in [0.3, 0.4) is 0 Å². The molecule has 5 heteroatoms. The maximum atomic E-state index is 12.4. The average Bonchev–Trinajstić information content (AvgIpc) is 2.52. The summed E-state index contributed by atoms with van der Waals surface area (Å²) < 4.78 is 37.3. The van der Waals surface area contributed by atoms with Crippen LogP contribution in [0, 0.1) is 0 Å². The van der Waals surface area contributed by atoms with E-state index in [-0.39, 0.29) is 12.0 Å². The predicted octanol–water partition coefficient (Wildman–Crippen LogP) is 2.91. The van der Waals surface area contributed by atoms with Crippen LogP contribution in [0.25, 0.3) is 0 Å². The van der Waals surface area contributed by atoms with Crippen LogP contribution in [-0.2, 0) is 5.60 Å². The van der Waals surface area contributed by atoms with Gasteiger partial charge in [-0.25, -0.2) is 0 Å². The number of hydrogen-bond donors (Lipinski definition) is 1. The molecule has 1 rings (SSSR count). The summed E-state index contributed by atoms with van der Waals surface area (Å²) in [5.74, 6) is 0. The SMILES string of the molecule is CCC(O)(c1ccsc1)C(F)(F)F. The Hall–Kier alpha value is -0.550. The number of aliphatic hydroxyl groups is 1. The van der Waals surface area contributed by atoms with E-state index in [9.17, 15) is 18.3 Å². The van der Waals surface area contributed by atoms with Crippen molar-refractivity contribution in [2.75, 3.05) is 0 Å². The van der Waals surface area contributed by atoms with Crippen molar-refractivity contribution in [2.24, 2.45) is 0 Å². The molecule has 1 atom stereocenters. The molecule has 1 aromatic heterocycles. The molecule has 74 valence electrons. The number of hydrogen-bond acceptors (Lipinski definition) is 2. The van der Waals surface area contributed by atoms with Crippen molar-refractivity contribution in [1.82, 2.24) is 0 Å². The monoisotopic (exact) mass is 210 g/mol. The summed E-state index contributed by atoms with van der Waals surface area (Å²) in [7, 11) is 0. The van der Waals surface area contributed by atoms with Gasteiger partial charge >= 0.3 is 6.18 Å². The normalized spacial score (nSPS) is 17.0. The Morgan fingerprint density at radius 1 is 1.46 bits per heavy atom. The summed E-state index contributed by atoms with van der Waals surface area (Å²) in [6.45, 7) is 1.31. The van der Waals surface area contributed by atoms with Gasteiger partial charge in [-0.15, -0.1) is 0 Å². The molecule has 1 N–H and O–H groups in total. The zero-order valence-corrected chi connectivity index (χ0v) is 7.75. The van der Waals surface area contributed by atoms with Gasteiger partial charge in [-0.1, -0.05) is 6.92 Å². The summed E-state index contributed by atoms with van der Waals surface area (Å²) >= 11 is 1.14. The molecule has 0 bridgehead atoms. The second-order valence-electron chi connectivity index (χ2n) is 2.72. The van der Waals surface area contributed by atoms with E-state index in [1.54, 1.807) is 0 Å². The molecule has 0 saturated heterocycles. The summed E-state index contributed by atoms with van der Waals surface area (Å²) in [6, 6.07) is 1.29. The van der Waals surface area contributed by atoms with Crippen LogP contribution in [-0.4, -0.2) is 11.3 Å². The van der Waals surface area contributed by atoms with Gasteiger partial charge in [-0.05, 0) is 23.2 Å². The van der Waals surface area contributed by atoms with Gasteiger partial charge in [0.1, 0.15) is 0 Å². The molecule has 0 aromatic carbocycles. The largest absolute Gasteiger partial charge is 0.421 e. The van der Waals surface area contributed by atoms with Crippen molar-refractivity contribution in [3.05, 3.63) is 22.4 Å². The van der Waals surface area contributed by atoms with Crippen LogP contribution in [0.5, 0.6) is 0 Å². The van der Waals surface area contributed by atoms with E-state index in [1.807, 2.05) is 0 Å². The van der Waals surface area contributed by atoms with E-state index in [0.29, 0.717) is 0 Å². The third-order valence-corrected chi connectivity index (χ3v) is 2.66. The molecule has 0 amide bonds. The lowest BCUT2D eigenvalue weighted by Gasteiger charge is -2.28. The minimum absolute atomic E-state index is 0.0764. The molecule has 1 nitrogen and oxygen atoms in total. The van der Waals surface area contributed by atoms with E-state index in [0.717, 1.165) is 11.3 Å². The van der Waals surface area contributed by atoms with Gasteiger partial charge in [0.2, 0.25) is 0 Å². The summed E-state index contributed by atoms with van der Waals surface area (Å²) in [5, 5.41) is 12.2. The molecular formula is C8H9F3OS. The van der Waals surface area contributed by atoms with Crippen LogP contribution in [0.2, 0.25) is 0 Å². The van der Waals surface area contributed by atoms with Crippen LogP contribution in [0.15, 0.2) is 16.8 Å². The minimum Gasteiger partial charge on any atom is -0.376 e. The summed E-state index contributed by atoms with van der Waals surface area (Å²) in [5.41, 5.74) is -2.76. The second kappa shape index (κ2) is 3.31. The van der Waals surface area contributed by atoms with Crippen molar-refractivity contribution in [3.63, 3.8) is 0 Å². The topological polar surface area (TPSA) is 20.2 Å². The highest BCUT2D eigenvalue weighted by Gasteiger charge is 2.53. The second-order valence-corrected chi connectivity index (χ2v) is 3.50. The molecule has 0 fully saturated rings. The molecule has 0 aliphatic rings. The Morgan fingerprint density at radius 3 is 2.38 bits per heavy atom. The van der Waals surface area contributed by atoms with Gasteiger partial charge in [0.05, 0.1) is 0 Å². The molecule has 0 radical (unpaired) electrons. The minimum atomic E-state index is -4.61. The maximum Gasteiger partial charge on any atom is 0.421 e. The molecule has 1 heterocycles. The zero-order chi connectivity index (χ0) is 10.1. The number of thiophene rings is 1. The molecule has 1 unspecified atom stereocenters.